The maximum atomic E-state index is 12.2. The van der Waals surface area contributed by atoms with Gasteiger partial charge in [-0.1, -0.05) is 6.08 Å². The van der Waals surface area contributed by atoms with Crippen LogP contribution in [0.3, 0.4) is 0 Å². The molecular weight excluding hydrogens is 312 g/mol. The number of aliphatic hydroxyl groups excluding tert-OH is 1. The van der Waals surface area contributed by atoms with E-state index in [0.29, 0.717) is 17.2 Å². The third-order valence-electron chi connectivity index (χ3n) is 3.72. The number of carbonyl (C=O) groups excluding carboxylic acids is 1. The lowest BCUT2D eigenvalue weighted by atomic mass is 10.0. The summed E-state index contributed by atoms with van der Waals surface area (Å²) in [6.45, 7) is 0. The Bertz CT molecular complexity index is 702. The Labute approximate surface area is 140 Å². The standard InChI is InChI=1S/C18H20O6/c1-21-14-7-11(5-6-12(10-19)17(14)20)13-8-15(22-2)18(24-4)16(9-13)23-3/h5,7-10,19H,6H2,1-4H3. The molecule has 0 spiro atoms. The van der Waals surface area contributed by atoms with E-state index < -0.39 is 0 Å². The van der Waals surface area contributed by atoms with Crippen molar-refractivity contribution in [3.8, 4) is 17.2 Å². The van der Waals surface area contributed by atoms with E-state index in [1.54, 1.807) is 18.2 Å². The predicted octanol–water partition coefficient (Wildman–Crippen LogP) is 3.04. The first-order valence-electron chi connectivity index (χ1n) is 7.23. The number of hydrogen-bond acceptors (Lipinski definition) is 6. The number of Topliss-reactive ketones (excluding diaryl/α,β-unsaturated/α-hetero) is 1. The molecule has 0 aliphatic heterocycles. The number of ether oxygens (including phenoxy) is 4. The van der Waals surface area contributed by atoms with Crippen LogP contribution < -0.4 is 14.2 Å². The first-order chi connectivity index (χ1) is 11.6. The molecule has 0 atom stereocenters. The lowest BCUT2D eigenvalue weighted by Gasteiger charge is -2.14. The first kappa shape index (κ1) is 17.5. The van der Waals surface area contributed by atoms with Crippen molar-refractivity contribution in [2.24, 2.45) is 0 Å². The number of benzene rings is 1. The minimum atomic E-state index is -0.348. The summed E-state index contributed by atoms with van der Waals surface area (Å²) in [5.74, 6) is 1.30. The third-order valence-corrected chi connectivity index (χ3v) is 3.72. The minimum absolute atomic E-state index is 0.146. The molecule has 0 amide bonds. The van der Waals surface area contributed by atoms with E-state index in [1.807, 2.05) is 6.08 Å². The Morgan fingerprint density at radius 2 is 1.62 bits per heavy atom. The van der Waals surface area contributed by atoms with E-state index in [1.165, 1.54) is 28.4 Å². The van der Waals surface area contributed by atoms with Crippen molar-refractivity contribution < 1.29 is 28.8 Å². The average Bonchev–Trinajstić information content (AvgIpc) is 2.78. The smallest absolute Gasteiger partial charge is 0.226 e. The number of allylic oxidation sites excluding steroid dienone is 4. The molecule has 0 saturated carbocycles. The molecule has 6 heteroatoms. The van der Waals surface area contributed by atoms with Crippen LogP contribution in [-0.2, 0) is 9.53 Å². The largest absolute Gasteiger partial charge is 0.515 e. The summed E-state index contributed by atoms with van der Waals surface area (Å²) in [5.41, 5.74) is 1.77. The van der Waals surface area contributed by atoms with Gasteiger partial charge in [-0.3, -0.25) is 4.79 Å². The van der Waals surface area contributed by atoms with Crippen molar-refractivity contribution in [2.45, 2.75) is 6.42 Å². The number of aliphatic hydroxyl groups is 1. The van der Waals surface area contributed by atoms with E-state index in [2.05, 4.69) is 0 Å². The quantitative estimate of drug-likeness (QED) is 0.660. The van der Waals surface area contributed by atoms with Crippen LogP contribution in [-0.4, -0.2) is 39.3 Å². The van der Waals surface area contributed by atoms with Gasteiger partial charge < -0.3 is 24.1 Å². The molecule has 0 saturated heterocycles. The zero-order valence-corrected chi connectivity index (χ0v) is 14.1. The molecule has 1 aliphatic carbocycles. The lowest BCUT2D eigenvalue weighted by Crippen LogP contribution is -2.06. The molecule has 2 rings (SSSR count). The van der Waals surface area contributed by atoms with Gasteiger partial charge in [0.05, 0.1) is 34.7 Å². The fourth-order valence-corrected chi connectivity index (χ4v) is 2.45. The molecule has 0 fully saturated rings. The van der Waals surface area contributed by atoms with Crippen LogP contribution in [0.2, 0.25) is 0 Å². The van der Waals surface area contributed by atoms with E-state index in [0.717, 1.165) is 17.4 Å². The zero-order valence-electron chi connectivity index (χ0n) is 14.1. The Balaban J connectivity index is 2.60. The van der Waals surface area contributed by atoms with Crippen molar-refractivity contribution in [1.29, 1.82) is 0 Å². The fraction of sp³-hybridized carbons (Fsp3) is 0.278. The normalized spacial score (nSPS) is 16.2. The van der Waals surface area contributed by atoms with Crippen LogP contribution in [0.5, 0.6) is 17.2 Å². The fourth-order valence-electron chi connectivity index (χ4n) is 2.45. The Morgan fingerprint density at radius 3 is 2.08 bits per heavy atom. The molecule has 1 aromatic carbocycles. The summed E-state index contributed by atoms with van der Waals surface area (Å²) in [7, 11) is 6.02. The maximum absolute atomic E-state index is 12.2. The van der Waals surface area contributed by atoms with Gasteiger partial charge in [0.2, 0.25) is 11.5 Å². The molecule has 0 aromatic heterocycles. The van der Waals surface area contributed by atoms with Gasteiger partial charge >= 0.3 is 0 Å². The summed E-state index contributed by atoms with van der Waals surface area (Å²) >= 11 is 0. The monoisotopic (exact) mass is 332 g/mol. The Kier molecular flexibility index (Phi) is 5.52. The Hall–Kier alpha value is -2.89. The molecule has 1 aliphatic rings. The van der Waals surface area contributed by atoms with Gasteiger partial charge in [0, 0.05) is 5.57 Å². The second kappa shape index (κ2) is 7.59. The first-order valence-corrected chi connectivity index (χ1v) is 7.23. The van der Waals surface area contributed by atoms with Crippen LogP contribution in [0.25, 0.3) is 5.57 Å². The van der Waals surface area contributed by atoms with Crippen LogP contribution in [0, 0.1) is 0 Å². The Morgan fingerprint density at radius 1 is 1.00 bits per heavy atom. The molecule has 0 heterocycles. The van der Waals surface area contributed by atoms with E-state index in [4.69, 9.17) is 18.9 Å². The lowest BCUT2D eigenvalue weighted by molar-refractivity contribution is -0.115. The minimum Gasteiger partial charge on any atom is -0.515 e. The number of carbonyl (C=O) groups is 1. The zero-order chi connectivity index (χ0) is 17.7. The maximum Gasteiger partial charge on any atom is 0.226 e. The van der Waals surface area contributed by atoms with Crippen molar-refractivity contribution in [2.75, 3.05) is 28.4 Å². The van der Waals surface area contributed by atoms with Crippen LogP contribution >= 0.6 is 0 Å². The molecule has 128 valence electrons. The van der Waals surface area contributed by atoms with Gasteiger partial charge in [-0.15, -0.1) is 0 Å². The molecule has 0 bridgehead atoms. The molecule has 1 aromatic rings. The molecule has 1 N–H and O–H groups in total. The van der Waals surface area contributed by atoms with Gasteiger partial charge in [-0.05, 0) is 35.8 Å². The number of methoxy groups -OCH3 is 4. The third kappa shape index (κ3) is 3.22. The van der Waals surface area contributed by atoms with Gasteiger partial charge in [-0.25, -0.2) is 0 Å². The van der Waals surface area contributed by atoms with Crippen molar-refractivity contribution in [3.05, 3.63) is 47.4 Å². The summed E-state index contributed by atoms with van der Waals surface area (Å²) in [6, 6.07) is 3.57. The highest BCUT2D eigenvalue weighted by Gasteiger charge is 2.21. The SMILES string of the molecule is COC1=CC(c2cc(OC)c(OC)c(OC)c2)=CCC(=CO)C1=O. The molecule has 24 heavy (non-hydrogen) atoms. The van der Waals surface area contributed by atoms with Crippen LogP contribution in [0.15, 0.2) is 41.9 Å². The van der Waals surface area contributed by atoms with Crippen LogP contribution in [0.4, 0.5) is 0 Å². The number of rotatable bonds is 5. The van der Waals surface area contributed by atoms with Gasteiger partial charge in [0.25, 0.3) is 0 Å². The highest BCUT2D eigenvalue weighted by atomic mass is 16.5. The molecule has 0 unspecified atom stereocenters. The van der Waals surface area contributed by atoms with E-state index >= 15 is 0 Å². The van der Waals surface area contributed by atoms with Crippen molar-refractivity contribution in [3.63, 3.8) is 0 Å². The van der Waals surface area contributed by atoms with E-state index in [-0.39, 0.29) is 23.5 Å². The highest BCUT2D eigenvalue weighted by molar-refractivity contribution is 6.09. The average molecular weight is 332 g/mol. The van der Waals surface area contributed by atoms with Gasteiger partial charge in [0.1, 0.15) is 0 Å². The number of hydrogen-bond donors (Lipinski definition) is 1. The van der Waals surface area contributed by atoms with Crippen LogP contribution in [0.1, 0.15) is 12.0 Å². The molecule has 0 radical (unpaired) electrons. The summed E-state index contributed by atoms with van der Waals surface area (Å²) in [5, 5.41) is 9.24. The molecular formula is C18H20O6. The second-order valence-electron chi connectivity index (χ2n) is 4.97. The predicted molar refractivity (Wildman–Crippen MR) is 89.5 cm³/mol. The summed E-state index contributed by atoms with van der Waals surface area (Å²) in [4.78, 5) is 12.2. The summed E-state index contributed by atoms with van der Waals surface area (Å²) in [6.07, 6.45) is 4.54. The summed E-state index contributed by atoms with van der Waals surface area (Å²) < 4.78 is 21.2. The van der Waals surface area contributed by atoms with Crippen molar-refractivity contribution in [1.82, 2.24) is 0 Å². The molecule has 6 nitrogen and oxygen atoms in total. The second-order valence-corrected chi connectivity index (χ2v) is 4.97. The topological polar surface area (TPSA) is 74.2 Å². The van der Waals surface area contributed by atoms with Gasteiger partial charge in [-0.2, -0.15) is 0 Å². The van der Waals surface area contributed by atoms with Crippen molar-refractivity contribution >= 4 is 11.4 Å². The van der Waals surface area contributed by atoms with E-state index in [9.17, 15) is 9.90 Å². The number of ketones is 1. The van der Waals surface area contributed by atoms with Gasteiger partial charge in [0.15, 0.2) is 17.3 Å². The highest BCUT2D eigenvalue weighted by Crippen LogP contribution is 2.40.